The normalized spacial score (nSPS) is 16.2. The average Bonchev–Trinajstić information content (AvgIpc) is 2.46. The predicted molar refractivity (Wildman–Crippen MR) is 88.0 cm³/mol. The Morgan fingerprint density at radius 2 is 2.10 bits per heavy atom. The van der Waals surface area contributed by atoms with Crippen LogP contribution in [0.4, 0.5) is 5.69 Å². The van der Waals surface area contributed by atoms with Gasteiger partial charge < -0.3 is 16.0 Å². The van der Waals surface area contributed by atoms with E-state index < -0.39 is 5.91 Å². The first-order valence-corrected chi connectivity index (χ1v) is 7.93. The number of nitrogens with one attached hydrogen (secondary N) is 1. The molecule has 0 unspecified atom stereocenters. The van der Waals surface area contributed by atoms with Crippen molar-refractivity contribution < 1.29 is 4.79 Å². The van der Waals surface area contributed by atoms with Crippen molar-refractivity contribution in [3.8, 4) is 0 Å². The second kappa shape index (κ2) is 7.14. The predicted octanol–water partition coefficient (Wildman–Crippen LogP) is 2.65. The van der Waals surface area contributed by atoms with Gasteiger partial charge in [-0.2, -0.15) is 0 Å². The summed E-state index contributed by atoms with van der Waals surface area (Å²) in [7, 11) is 0. The Morgan fingerprint density at radius 3 is 2.67 bits per heavy atom. The first-order chi connectivity index (χ1) is 9.99. The molecule has 3 N–H and O–H groups in total. The summed E-state index contributed by atoms with van der Waals surface area (Å²) in [6.45, 7) is 7.36. The number of nitrogens with zero attached hydrogens (tertiary/aromatic N) is 1. The number of hydrogen-bond donors (Lipinski definition) is 2. The lowest BCUT2D eigenvalue weighted by Gasteiger charge is -2.35. The number of rotatable bonds is 5. The highest BCUT2D eigenvalue weighted by atomic mass is 35.5. The standard InChI is InChI=1S/C16H24ClN3O/c1-11(2)20(10-12-5-7-19-8-6-12)15-4-3-13(17)9-14(15)16(18)21/h3-4,9,11-12,19H,5-8,10H2,1-2H3,(H2,18,21). The highest BCUT2D eigenvalue weighted by Crippen LogP contribution is 2.28. The molecule has 21 heavy (non-hydrogen) atoms. The zero-order chi connectivity index (χ0) is 15.4. The molecule has 2 rings (SSSR count). The number of carbonyl (C=O) groups excluding carboxylic acids is 1. The van der Waals surface area contributed by atoms with Gasteiger partial charge in [-0.15, -0.1) is 0 Å². The van der Waals surface area contributed by atoms with Crippen molar-refractivity contribution in [3.63, 3.8) is 0 Å². The largest absolute Gasteiger partial charge is 0.368 e. The Hall–Kier alpha value is -1.26. The van der Waals surface area contributed by atoms with Gasteiger partial charge in [-0.25, -0.2) is 0 Å². The second-order valence-corrected chi connectivity index (χ2v) is 6.40. The third-order valence-electron chi connectivity index (χ3n) is 4.07. The molecule has 1 aliphatic rings. The smallest absolute Gasteiger partial charge is 0.250 e. The summed E-state index contributed by atoms with van der Waals surface area (Å²) >= 11 is 6.00. The topological polar surface area (TPSA) is 58.4 Å². The van der Waals surface area contributed by atoms with Gasteiger partial charge in [0.2, 0.25) is 0 Å². The van der Waals surface area contributed by atoms with Crippen molar-refractivity contribution in [2.24, 2.45) is 11.7 Å². The van der Waals surface area contributed by atoms with E-state index in [0.29, 0.717) is 22.5 Å². The first-order valence-electron chi connectivity index (χ1n) is 7.55. The fourth-order valence-corrected chi connectivity index (χ4v) is 3.06. The Bertz CT molecular complexity index is 498. The molecule has 1 aliphatic heterocycles. The van der Waals surface area contributed by atoms with Crippen molar-refractivity contribution in [2.45, 2.75) is 32.7 Å². The number of halogens is 1. The molecule has 1 amide bonds. The quantitative estimate of drug-likeness (QED) is 0.879. The Labute approximate surface area is 131 Å². The molecule has 0 bridgehead atoms. The molecule has 1 aromatic carbocycles. The van der Waals surface area contributed by atoms with E-state index in [-0.39, 0.29) is 0 Å². The van der Waals surface area contributed by atoms with Gasteiger partial charge in [0.05, 0.1) is 5.56 Å². The molecule has 1 saturated heterocycles. The molecule has 0 spiro atoms. The molecule has 1 fully saturated rings. The Kier molecular flexibility index (Phi) is 5.48. The van der Waals surface area contributed by atoms with Crippen LogP contribution in [-0.2, 0) is 0 Å². The van der Waals surface area contributed by atoms with Crippen LogP contribution in [0.25, 0.3) is 0 Å². The lowest BCUT2D eigenvalue weighted by Crippen LogP contribution is -2.40. The monoisotopic (exact) mass is 309 g/mol. The number of amides is 1. The van der Waals surface area contributed by atoms with Crippen LogP contribution < -0.4 is 16.0 Å². The molecule has 5 heteroatoms. The molecular weight excluding hydrogens is 286 g/mol. The summed E-state index contributed by atoms with van der Waals surface area (Å²) in [6.07, 6.45) is 2.34. The van der Waals surface area contributed by atoms with Crippen molar-refractivity contribution in [1.82, 2.24) is 5.32 Å². The Balaban J connectivity index is 2.27. The molecule has 0 aliphatic carbocycles. The Morgan fingerprint density at radius 1 is 1.43 bits per heavy atom. The number of carbonyl (C=O) groups is 1. The van der Waals surface area contributed by atoms with Crippen LogP contribution in [0.1, 0.15) is 37.0 Å². The number of hydrogen-bond acceptors (Lipinski definition) is 3. The number of primary amides is 1. The zero-order valence-electron chi connectivity index (χ0n) is 12.7. The summed E-state index contributed by atoms with van der Waals surface area (Å²) in [5.41, 5.74) is 6.91. The minimum Gasteiger partial charge on any atom is -0.368 e. The maximum absolute atomic E-state index is 11.7. The van der Waals surface area contributed by atoms with Gasteiger partial charge in [0, 0.05) is 23.3 Å². The highest BCUT2D eigenvalue weighted by molar-refractivity contribution is 6.31. The number of anilines is 1. The maximum Gasteiger partial charge on any atom is 0.250 e. The van der Waals surface area contributed by atoms with Crippen LogP contribution in [0.2, 0.25) is 5.02 Å². The number of piperidine rings is 1. The van der Waals surface area contributed by atoms with E-state index in [9.17, 15) is 4.79 Å². The molecule has 4 nitrogen and oxygen atoms in total. The van der Waals surface area contributed by atoms with Crippen molar-refractivity contribution in [1.29, 1.82) is 0 Å². The van der Waals surface area contributed by atoms with E-state index in [1.165, 1.54) is 12.8 Å². The zero-order valence-corrected chi connectivity index (χ0v) is 13.5. The van der Waals surface area contributed by atoms with Gasteiger partial charge >= 0.3 is 0 Å². The lowest BCUT2D eigenvalue weighted by atomic mass is 9.96. The van der Waals surface area contributed by atoms with Crippen molar-refractivity contribution in [3.05, 3.63) is 28.8 Å². The maximum atomic E-state index is 11.7. The highest BCUT2D eigenvalue weighted by Gasteiger charge is 2.22. The van der Waals surface area contributed by atoms with E-state index in [1.54, 1.807) is 6.07 Å². The van der Waals surface area contributed by atoms with Gasteiger partial charge in [-0.3, -0.25) is 4.79 Å². The fourth-order valence-electron chi connectivity index (χ4n) is 2.89. The molecule has 1 heterocycles. The summed E-state index contributed by atoms with van der Waals surface area (Å²) in [4.78, 5) is 14.0. The van der Waals surface area contributed by atoms with Gasteiger partial charge in [0.25, 0.3) is 5.91 Å². The molecule has 0 saturated carbocycles. The summed E-state index contributed by atoms with van der Waals surface area (Å²) in [6, 6.07) is 5.70. The summed E-state index contributed by atoms with van der Waals surface area (Å²) in [5.74, 6) is 0.216. The van der Waals surface area contributed by atoms with Gasteiger partial charge in [-0.05, 0) is 63.9 Å². The summed E-state index contributed by atoms with van der Waals surface area (Å²) < 4.78 is 0. The van der Waals surface area contributed by atoms with Crippen LogP contribution >= 0.6 is 11.6 Å². The van der Waals surface area contributed by atoms with E-state index >= 15 is 0 Å². The van der Waals surface area contributed by atoms with Gasteiger partial charge in [0.15, 0.2) is 0 Å². The first kappa shape index (κ1) is 16.1. The molecule has 1 aromatic rings. The fraction of sp³-hybridized carbons (Fsp3) is 0.562. The van der Waals surface area contributed by atoms with Crippen LogP contribution in [0.15, 0.2) is 18.2 Å². The molecule has 0 atom stereocenters. The SMILES string of the molecule is CC(C)N(CC1CCNCC1)c1ccc(Cl)cc1C(N)=O. The third kappa shape index (κ3) is 4.11. The van der Waals surface area contributed by atoms with Crippen molar-refractivity contribution in [2.75, 3.05) is 24.5 Å². The second-order valence-electron chi connectivity index (χ2n) is 5.97. The van der Waals surface area contributed by atoms with E-state index in [4.69, 9.17) is 17.3 Å². The van der Waals surface area contributed by atoms with Crippen LogP contribution in [-0.4, -0.2) is 31.6 Å². The molecule has 0 radical (unpaired) electrons. The van der Waals surface area contributed by atoms with Gasteiger partial charge in [-0.1, -0.05) is 11.6 Å². The van der Waals surface area contributed by atoms with E-state index in [2.05, 4.69) is 24.1 Å². The summed E-state index contributed by atoms with van der Waals surface area (Å²) in [5, 5.41) is 3.92. The lowest BCUT2D eigenvalue weighted by molar-refractivity contribution is 0.100. The third-order valence-corrected chi connectivity index (χ3v) is 4.31. The number of nitrogens with two attached hydrogens (primary N) is 1. The van der Waals surface area contributed by atoms with Crippen LogP contribution in [0, 0.1) is 5.92 Å². The van der Waals surface area contributed by atoms with E-state index in [0.717, 1.165) is 25.3 Å². The van der Waals surface area contributed by atoms with Gasteiger partial charge in [0.1, 0.15) is 0 Å². The average molecular weight is 310 g/mol. The molecule has 0 aromatic heterocycles. The van der Waals surface area contributed by atoms with Crippen LogP contribution in [0.3, 0.4) is 0 Å². The molecular formula is C16H24ClN3O. The number of benzene rings is 1. The van der Waals surface area contributed by atoms with E-state index in [1.807, 2.05) is 12.1 Å². The molecule has 116 valence electrons. The minimum absolute atomic E-state index is 0.305. The van der Waals surface area contributed by atoms with Crippen LogP contribution in [0.5, 0.6) is 0 Å². The minimum atomic E-state index is -0.427. The van der Waals surface area contributed by atoms with Crippen molar-refractivity contribution >= 4 is 23.2 Å².